The lowest BCUT2D eigenvalue weighted by Crippen LogP contribution is -2.20. The first kappa shape index (κ1) is 13.5. The maximum Gasteiger partial charge on any atom is 0.416 e. The first-order valence-corrected chi connectivity index (χ1v) is 4.91. The van der Waals surface area contributed by atoms with Crippen LogP contribution in [0.25, 0.3) is 0 Å². The molecule has 0 aliphatic carbocycles. The van der Waals surface area contributed by atoms with Crippen LogP contribution in [0.1, 0.15) is 23.6 Å². The van der Waals surface area contributed by atoms with Crippen molar-refractivity contribution >= 4 is 5.97 Å². The van der Waals surface area contributed by atoms with Crippen LogP contribution in [0.3, 0.4) is 0 Å². The second-order valence-electron chi connectivity index (χ2n) is 3.56. The summed E-state index contributed by atoms with van der Waals surface area (Å²) in [5, 5.41) is 11.3. The topological polar surface area (TPSA) is 49.3 Å². The summed E-state index contributed by atoms with van der Waals surface area (Å²) < 4.78 is 37.4. The Morgan fingerprint density at radius 2 is 2.12 bits per heavy atom. The monoisotopic (exact) mass is 247 g/mol. The van der Waals surface area contributed by atoms with Crippen molar-refractivity contribution in [2.24, 2.45) is 0 Å². The number of alkyl halides is 3. The summed E-state index contributed by atoms with van der Waals surface area (Å²) in [4.78, 5) is 10.6. The second-order valence-corrected chi connectivity index (χ2v) is 3.56. The third-order valence-corrected chi connectivity index (χ3v) is 2.34. The van der Waals surface area contributed by atoms with E-state index in [-0.39, 0.29) is 6.42 Å². The number of nitrogens with one attached hydrogen (secondary N) is 1. The summed E-state index contributed by atoms with van der Waals surface area (Å²) in [5.41, 5.74) is -0.467. The molecule has 3 nitrogen and oxygen atoms in total. The average molecular weight is 247 g/mol. The van der Waals surface area contributed by atoms with Crippen LogP contribution in [-0.4, -0.2) is 18.1 Å². The lowest BCUT2D eigenvalue weighted by molar-refractivity contribution is -0.138. The van der Waals surface area contributed by atoms with E-state index in [9.17, 15) is 18.0 Å². The summed E-state index contributed by atoms with van der Waals surface area (Å²) in [6.07, 6.45) is -4.69. The van der Waals surface area contributed by atoms with Gasteiger partial charge >= 0.3 is 12.1 Å². The van der Waals surface area contributed by atoms with Gasteiger partial charge in [0.2, 0.25) is 0 Å². The van der Waals surface area contributed by atoms with Crippen LogP contribution in [-0.2, 0) is 11.0 Å². The predicted molar refractivity (Wildman–Crippen MR) is 55.5 cm³/mol. The Hall–Kier alpha value is -1.56. The van der Waals surface area contributed by atoms with Gasteiger partial charge in [-0.3, -0.25) is 4.79 Å². The number of carbonyl (C=O) groups is 1. The van der Waals surface area contributed by atoms with E-state index in [1.807, 2.05) is 0 Å². The Labute approximate surface area is 96.3 Å². The minimum atomic E-state index is -4.42. The third-order valence-electron chi connectivity index (χ3n) is 2.34. The van der Waals surface area contributed by atoms with E-state index in [4.69, 9.17) is 5.11 Å². The van der Waals surface area contributed by atoms with Crippen molar-refractivity contribution in [1.82, 2.24) is 5.32 Å². The predicted octanol–water partition coefficient (Wildman–Crippen LogP) is 2.44. The highest BCUT2D eigenvalue weighted by molar-refractivity contribution is 5.68. The highest BCUT2D eigenvalue weighted by Crippen LogP contribution is 2.31. The molecule has 0 saturated heterocycles. The molecular formula is C11H12F3NO2. The number of halogens is 3. The molecule has 0 spiro atoms. The summed E-state index contributed by atoms with van der Waals surface area (Å²) in [5.74, 6) is -1.07. The van der Waals surface area contributed by atoms with Gasteiger partial charge < -0.3 is 10.4 Å². The highest BCUT2D eigenvalue weighted by atomic mass is 19.4. The summed E-state index contributed by atoms with van der Waals surface area (Å²) in [7, 11) is 1.51. The zero-order valence-electron chi connectivity index (χ0n) is 9.08. The molecule has 1 atom stereocenters. The van der Waals surface area contributed by atoms with Crippen LogP contribution in [0.4, 0.5) is 13.2 Å². The number of aliphatic carboxylic acids is 1. The molecule has 2 N–H and O–H groups in total. The molecule has 1 aromatic rings. The standard InChI is InChI=1S/C11H12F3NO2/c1-15-9(6-10(16)17)7-3-2-4-8(5-7)11(12,13)14/h2-5,9,15H,6H2,1H3,(H,16,17). The zero-order valence-corrected chi connectivity index (χ0v) is 9.08. The Morgan fingerprint density at radius 1 is 1.47 bits per heavy atom. The Morgan fingerprint density at radius 3 is 2.59 bits per heavy atom. The molecule has 0 amide bonds. The van der Waals surface area contributed by atoms with Crippen LogP contribution < -0.4 is 5.32 Å². The summed E-state index contributed by atoms with van der Waals surface area (Å²) >= 11 is 0. The Bertz CT molecular complexity index is 404. The SMILES string of the molecule is CNC(CC(=O)O)c1cccc(C(F)(F)F)c1. The van der Waals surface area contributed by atoms with E-state index < -0.39 is 23.8 Å². The van der Waals surface area contributed by atoms with Crippen molar-refractivity contribution in [2.75, 3.05) is 7.05 Å². The fraction of sp³-hybridized carbons (Fsp3) is 0.364. The van der Waals surface area contributed by atoms with Gasteiger partial charge in [-0.1, -0.05) is 12.1 Å². The maximum atomic E-state index is 12.5. The molecule has 1 rings (SSSR count). The molecule has 0 aliphatic rings. The molecule has 17 heavy (non-hydrogen) atoms. The Balaban J connectivity index is 3.01. The lowest BCUT2D eigenvalue weighted by atomic mass is 10.0. The number of carboxylic acids is 1. The molecule has 0 aromatic heterocycles. The molecule has 0 radical (unpaired) electrons. The zero-order chi connectivity index (χ0) is 13.1. The van der Waals surface area contributed by atoms with Crippen LogP contribution in [0.5, 0.6) is 0 Å². The van der Waals surface area contributed by atoms with Crippen LogP contribution in [0.15, 0.2) is 24.3 Å². The van der Waals surface area contributed by atoms with Gasteiger partial charge in [0.25, 0.3) is 0 Å². The quantitative estimate of drug-likeness (QED) is 0.859. The van der Waals surface area contributed by atoms with Crippen molar-refractivity contribution in [3.63, 3.8) is 0 Å². The molecule has 0 saturated carbocycles. The normalized spacial score (nSPS) is 13.4. The molecule has 0 aliphatic heterocycles. The van der Waals surface area contributed by atoms with Gasteiger partial charge in [0.1, 0.15) is 0 Å². The number of hydrogen-bond acceptors (Lipinski definition) is 2. The van der Waals surface area contributed by atoms with E-state index in [2.05, 4.69) is 5.32 Å². The van der Waals surface area contributed by atoms with Gasteiger partial charge in [-0.05, 0) is 24.7 Å². The fourth-order valence-electron chi connectivity index (χ4n) is 1.49. The van der Waals surface area contributed by atoms with Gasteiger partial charge in [-0.2, -0.15) is 13.2 Å². The van der Waals surface area contributed by atoms with Crippen molar-refractivity contribution < 1.29 is 23.1 Å². The highest BCUT2D eigenvalue weighted by Gasteiger charge is 2.31. The number of rotatable bonds is 4. The third kappa shape index (κ3) is 3.74. The van der Waals surface area contributed by atoms with Crippen molar-refractivity contribution in [2.45, 2.75) is 18.6 Å². The van der Waals surface area contributed by atoms with Crippen LogP contribution >= 0.6 is 0 Å². The van der Waals surface area contributed by atoms with Crippen molar-refractivity contribution in [1.29, 1.82) is 0 Å². The average Bonchev–Trinajstić information content (AvgIpc) is 2.24. The van der Waals surface area contributed by atoms with Gasteiger partial charge in [-0.15, -0.1) is 0 Å². The molecular weight excluding hydrogens is 235 g/mol. The number of hydrogen-bond donors (Lipinski definition) is 2. The lowest BCUT2D eigenvalue weighted by Gasteiger charge is -2.16. The summed E-state index contributed by atoms with van der Waals surface area (Å²) in [6.45, 7) is 0. The fourth-order valence-corrected chi connectivity index (χ4v) is 1.49. The van der Waals surface area contributed by atoms with Gasteiger partial charge in [-0.25, -0.2) is 0 Å². The number of carboxylic acid groups (broad SMARTS) is 1. The number of benzene rings is 1. The van der Waals surface area contributed by atoms with E-state index in [0.717, 1.165) is 12.1 Å². The molecule has 0 bridgehead atoms. The first-order chi connectivity index (χ1) is 7.84. The second kappa shape index (κ2) is 5.18. The van der Waals surface area contributed by atoms with Gasteiger partial charge in [0.05, 0.1) is 12.0 Å². The smallest absolute Gasteiger partial charge is 0.416 e. The van der Waals surface area contributed by atoms with Gasteiger partial charge in [0.15, 0.2) is 0 Å². The van der Waals surface area contributed by atoms with E-state index in [1.54, 1.807) is 0 Å². The minimum absolute atomic E-state index is 0.266. The molecule has 1 aromatic carbocycles. The summed E-state index contributed by atoms with van der Waals surface area (Å²) in [6, 6.07) is 4.03. The van der Waals surface area contributed by atoms with E-state index in [1.165, 1.54) is 19.2 Å². The van der Waals surface area contributed by atoms with Crippen molar-refractivity contribution in [3.8, 4) is 0 Å². The molecule has 6 heteroatoms. The Kier molecular flexibility index (Phi) is 4.11. The molecule has 1 unspecified atom stereocenters. The first-order valence-electron chi connectivity index (χ1n) is 4.91. The molecule has 0 heterocycles. The maximum absolute atomic E-state index is 12.5. The van der Waals surface area contributed by atoms with Crippen LogP contribution in [0, 0.1) is 0 Å². The van der Waals surface area contributed by atoms with E-state index >= 15 is 0 Å². The minimum Gasteiger partial charge on any atom is -0.481 e. The largest absolute Gasteiger partial charge is 0.481 e. The van der Waals surface area contributed by atoms with Crippen LogP contribution in [0.2, 0.25) is 0 Å². The van der Waals surface area contributed by atoms with Gasteiger partial charge in [0, 0.05) is 6.04 Å². The molecule has 0 fully saturated rings. The molecule has 94 valence electrons. The van der Waals surface area contributed by atoms with E-state index in [0.29, 0.717) is 5.56 Å². The van der Waals surface area contributed by atoms with Crippen molar-refractivity contribution in [3.05, 3.63) is 35.4 Å².